The van der Waals surface area contributed by atoms with Crippen LogP contribution < -0.4 is 16.6 Å². The fraction of sp³-hybridized carbons (Fsp3) is 0.600. The second-order valence-electron chi connectivity index (χ2n) is 4.00. The van der Waals surface area contributed by atoms with Crippen molar-refractivity contribution in [3.63, 3.8) is 0 Å². The Balaban J connectivity index is 2.08. The molecule has 0 bridgehead atoms. The molecule has 1 aliphatic carbocycles. The normalized spacial score (nSPS) is 23.7. The second-order valence-corrected chi connectivity index (χ2v) is 4.00. The van der Waals surface area contributed by atoms with Crippen LogP contribution in [-0.2, 0) is 0 Å². The molecule has 5 nitrogen and oxygen atoms in total. The van der Waals surface area contributed by atoms with Crippen molar-refractivity contribution < 1.29 is 0 Å². The fourth-order valence-corrected chi connectivity index (χ4v) is 1.79. The Bertz CT molecular complexity index is 352. The molecule has 82 valence electrons. The van der Waals surface area contributed by atoms with E-state index in [1.54, 1.807) is 0 Å². The lowest BCUT2D eigenvalue weighted by Crippen LogP contribution is -2.14. The largest absolute Gasteiger partial charge is 0.367 e. The number of nitrogens with zero attached hydrogens (tertiary/aromatic N) is 2. The lowest BCUT2D eigenvalue weighted by molar-refractivity contribution is 0.772. The number of hydrogen-bond acceptors (Lipinski definition) is 5. The van der Waals surface area contributed by atoms with Crippen molar-refractivity contribution in [2.75, 3.05) is 10.7 Å². The molecule has 0 aromatic carbocycles. The summed E-state index contributed by atoms with van der Waals surface area (Å²) in [5.74, 6) is 7.72. The van der Waals surface area contributed by atoms with Crippen molar-refractivity contribution in [2.45, 2.75) is 32.7 Å². The number of hydrogen-bond donors (Lipinski definition) is 3. The van der Waals surface area contributed by atoms with E-state index in [-0.39, 0.29) is 0 Å². The van der Waals surface area contributed by atoms with E-state index in [9.17, 15) is 0 Å². The van der Waals surface area contributed by atoms with Gasteiger partial charge >= 0.3 is 0 Å². The summed E-state index contributed by atoms with van der Waals surface area (Å²) in [6, 6.07) is 0.578. The van der Waals surface area contributed by atoms with E-state index in [0.29, 0.717) is 11.9 Å². The molecule has 0 aliphatic heterocycles. The Morgan fingerprint density at radius 1 is 1.47 bits per heavy atom. The van der Waals surface area contributed by atoms with Crippen LogP contribution in [0.4, 0.5) is 11.6 Å². The molecule has 1 aromatic rings. The molecule has 2 rings (SSSR count). The van der Waals surface area contributed by atoms with Gasteiger partial charge in [0, 0.05) is 11.6 Å². The van der Waals surface area contributed by atoms with Gasteiger partial charge in [-0.1, -0.05) is 13.3 Å². The van der Waals surface area contributed by atoms with Gasteiger partial charge in [0.05, 0.1) is 0 Å². The molecule has 5 heteroatoms. The molecule has 4 N–H and O–H groups in total. The third-order valence-corrected chi connectivity index (χ3v) is 2.99. The van der Waals surface area contributed by atoms with Crippen molar-refractivity contribution in [3.8, 4) is 0 Å². The van der Waals surface area contributed by atoms with E-state index in [1.807, 2.05) is 6.92 Å². The molecular formula is C10H17N5. The van der Waals surface area contributed by atoms with Gasteiger partial charge in [0.25, 0.3) is 0 Å². The third kappa shape index (κ3) is 2.02. The average Bonchev–Trinajstić information content (AvgIpc) is 3.00. The first-order chi connectivity index (χ1) is 7.26. The van der Waals surface area contributed by atoms with E-state index in [4.69, 9.17) is 5.84 Å². The topological polar surface area (TPSA) is 75.9 Å². The van der Waals surface area contributed by atoms with E-state index < -0.39 is 0 Å². The van der Waals surface area contributed by atoms with Crippen LogP contribution in [0, 0.1) is 12.8 Å². The highest BCUT2D eigenvalue weighted by molar-refractivity contribution is 5.56. The quantitative estimate of drug-likeness (QED) is 0.512. The summed E-state index contributed by atoms with van der Waals surface area (Å²) in [4.78, 5) is 8.26. The molecule has 1 aromatic heterocycles. The first-order valence-electron chi connectivity index (χ1n) is 5.31. The van der Waals surface area contributed by atoms with Gasteiger partial charge in [0.15, 0.2) is 0 Å². The number of nitrogens with one attached hydrogen (secondary N) is 2. The van der Waals surface area contributed by atoms with E-state index in [0.717, 1.165) is 17.3 Å². The van der Waals surface area contributed by atoms with Crippen molar-refractivity contribution in [1.82, 2.24) is 9.97 Å². The van der Waals surface area contributed by atoms with Gasteiger partial charge in [0.1, 0.15) is 18.0 Å². The van der Waals surface area contributed by atoms with Crippen LogP contribution in [0.2, 0.25) is 0 Å². The Kier molecular flexibility index (Phi) is 2.73. The van der Waals surface area contributed by atoms with Crippen LogP contribution in [0.25, 0.3) is 0 Å². The minimum absolute atomic E-state index is 0.578. The average molecular weight is 207 g/mol. The van der Waals surface area contributed by atoms with Crippen LogP contribution >= 0.6 is 0 Å². The second kappa shape index (κ2) is 4.02. The van der Waals surface area contributed by atoms with Gasteiger partial charge in [-0.2, -0.15) is 0 Å². The van der Waals surface area contributed by atoms with E-state index in [1.165, 1.54) is 19.2 Å². The summed E-state index contributed by atoms with van der Waals surface area (Å²) in [6.45, 7) is 4.17. The van der Waals surface area contributed by atoms with E-state index in [2.05, 4.69) is 27.6 Å². The summed E-state index contributed by atoms with van der Waals surface area (Å²) >= 11 is 0. The Morgan fingerprint density at radius 3 is 2.80 bits per heavy atom. The summed E-state index contributed by atoms with van der Waals surface area (Å²) in [5, 5.41) is 3.41. The van der Waals surface area contributed by atoms with Crippen LogP contribution in [0.5, 0.6) is 0 Å². The smallest absolute Gasteiger partial charge is 0.148 e. The van der Waals surface area contributed by atoms with Gasteiger partial charge in [0.2, 0.25) is 0 Å². The minimum Gasteiger partial charge on any atom is -0.367 e. The predicted molar refractivity (Wildman–Crippen MR) is 60.4 cm³/mol. The van der Waals surface area contributed by atoms with Gasteiger partial charge in [-0.3, -0.25) is 0 Å². The van der Waals surface area contributed by atoms with Crippen molar-refractivity contribution >= 4 is 11.6 Å². The summed E-state index contributed by atoms with van der Waals surface area (Å²) in [6.07, 6.45) is 3.99. The van der Waals surface area contributed by atoms with Crippen molar-refractivity contribution in [3.05, 3.63) is 11.9 Å². The molecule has 1 fully saturated rings. The highest BCUT2D eigenvalue weighted by Gasteiger charge is 2.35. The van der Waals surface area contributed by atoms with Gasteiger partial charge in [-0.15, -0.1) is 0 Å². The fourth-order valence-electron chi connectivity index (χ4n) is 1.79. The summed E-state index contributed by atoms with van der Waals surface area (Å²) < 4.78 is 0. The molecule has 2 atom stereocenters. The third-order valence-electron chi connectivity index (χ3n) is 2.99. The Morgan fingerprint density at radius 2 is 2.20 bits per heavy atom. The number of nitrogens with two attached hydrogens (primary N) is 1. The van der Waals surface area contributed by atoms with Crippen LogP contribution in [-0.4, -0.2) is 16.0 Å². The van der Waals surface area contributed by atoms with Gasteiger partial charge in [-0.25, -0.2) is 15.8 Å². The zero-order valence-electron chi connectivity index (χ0n) is 9.12. The molecule has 0 spiro atoms. The first kappa shape index (κ1) is 10.2. The summed E-state index contributed by atoms with van der Waals surface area (Å²) in [5.41, 5.74) is 3.54. The lowest BCUT2D eigenvalue weighted by Gasteiger charge is -2.10. The number of rotatable bonds is 4. The molecule has 0 radical (unpaired) electrons. The SMILES string of the molecule is CCC1CC1Nc1ncnc(NN)c1C. The van der Waals surface area contributed by atoms with E-state index >= 15 is 0 Å². The lowest BCUT2D eigenvalue weighted by atomic mass is 10.3. The van der Waals surface area contributed by atoms with Crippen molar-refractivity contribution in [2.24, 2.45) is 11.8 Å². The maximum absolute atomic E-state index is 5.35. The highest BCUT2D eigenvalue weighted by Crippen LogP contribution is 2.36. The molecule has 1 aliphatic rings. The number of anilines is 2. The standard InChI is InChI=1S/C10H17N5/c1-3-7-4-8(7)14-9-6(2)10(15-11)13-5-12-9/h5,7-8H,3-4,11H2,1-2H3,(H2,12,13,14,15). The van der Waals surface area contributed by atoms with Crippen LogP contribution in [0.1, 0.15) is 25.3 Å². The molecule has 15 heavy (non-hydrogen) atoms. The maximum atomic E-state index is 5.35. The van der Waals surface area contributed by atoms with Gasteiger partial charge in [-0.05, 0) is 19.3 Å². The van der Waals surface area contributed by atoms with Crippen LogP contribution in [0.3, 0.4) is 0 Å². The predicted octanol–water partition coefficient (Wildman–Crippen LogP) is 1.28. The van der Waals surface area contributed by atoms with Crippen molar-refractivity contribution in [1.29, 1.82) is 0 Å². The summed E-state index contributed by atoms with van der Waals surface area (Å²) in [7, 11) is 0. The first-order valence-corrected chi connectivity index (χ1v) is 5.31. The number of hydrazine groups is 1. The highest BCUT2D eigenvalue weighted by atomic mass is 15.3. The molecule has 1 saturated carbocycles. The molecule has 0 saturated heterocycles. The molecule has 0 amide bonds. The maximum Gasteiger partial charge on any atom is 0.148 e. The molecule has 1 heterocycles. The number of aromatic nitrogens is 2. The molecule has 2 unspecified atom stereocenters. The van der Waals surface area contributed by atoms with Crippen LogP contribution in [0.15, 0.2) is 6.33 Å². The Labute approximate surface area is 89.5 Å². The zero-order valence-corrected chi connectivity index (χ0v) is 9.12. The monoisotopic (exact) mass is 207 g/mol. The minimum atomic E-state index is 0.578. The zero-order chi connectivity index (χ0) is 10.8. The number of nitrogen functional groups attached to an aromatic ring is 1. The Hall–Kier alpha value is -1.36. The molecular weight excluding hydrogens is 190 g/mol. The van der Waals surface area contributed by atoms with Gasteiger partial charge < -0.3 is 10.7 Å².